The van der Waals surface area contributed by atoms with Crippen LogP contribution < -0.4 is 21.3 Å². The lowest BCUT2D eigenvalue weighted by Crippen LogP contribution is -2.48. The summed E-state index contributed by atoms with van der Waals surface area (Å²) in [6.07, 6.45) is 0.645. The lowest BCUT2D eigenvalue weighted by Gasteiger charge is -2.40. The van der Waals surface area contributed by atoms with Crippen LogP contribution in [0, 0.1) is 11.2 Å². The predicted molar refractivity (Wildman–Crippen MR) is 190 cm³/mol. The maximum Gasteiger partial charge on any atom is 0.335 e. The summed E-state index contributed by atoms with van der Waals surface area (Å²) in [6.45, 7) is 7.22. The maximum atomic E-state index is 16.3. The first-order valence-electron chi connectivity index (χ1n) is 16.0. The van der Waals surface area contributed by atoms with Crippen molar-refractivity contribution in [2.75, 3.05) is 16.8 Å². The maximum absolute atomic E-state index is 16.3. The highest BCUT2D eigenvalue weighted by Gasteiger charge is 2.63. The molecule has 1 unspecified atom stereocenters. The third kappa shape index (κ3) is 6.63. The number of rotatable bonds is 8. The fourth-order valence-corrected chi connectivity index (χ4v) is 7.88. The number of benzene rings is 4. The Morgan fingerprint density at radius 1 is 1.00 bits per heavy atom. The number of carbonyl (C=O) groups excluding carboxylic acids is 2. The summed E-state index contributed by atoms with van der Waals surface area (Å²) >= 11 is 13.0. The standard InChI is InChI=1S/C38H37Cl2FN4O4/c1-37(2,3)18-30-38(20-45(29-17-24(39)13-16-27(29)38)19-21-7-9-23(10-8-21)36(48)49)31(26-5-4-6-28(40)32(26)41)33(44-30)35(47)43-25-14-11-22(12-15-25)34(42)46/h4-17,30-31,33,44H,18-20H2,1-3H3,(H2,42,46)(H,43,47)(H,48,49)/t30?,31-,33+,38-/m0/s1. The molecule has 2 aliphatic heterocycles. The van der Waals surface area contributed by atoms with Crippen LogP contribution in [0.15, 0.2) is 84.9 Å². The van der Waals surface area contributed by atoms with Crippen LogP contribution in [0.25, 0.3) is 0 Å². The van der Waals surface area contributed by atoms with E-state index in [9.17, 15) is 19.5 Å². The summed E-state index contributed by atoms with van der Waals surface area (Å²) in [5.74, 6) is -3.27. The number of carboxylic acid groups (broad SMARTS) is 1. The highest BCUT2D eigenvalue weighted by molar-refractivity contribution is 6.31. The molecule has 6 rings (SSSR count). The second-order valence-corrected chi connectivity index (χ2v) is 14.9. The number of aromatic carboxylic acids is 1. The van der Waals surface area contributed by atoms with Crippen molar-refractivity contribution in [3.8, 4) is 0 Å². The van der Waals surface area contributed by atoms with Crippen molar-refractivity contribution < 1.29 is 23.9 Å². The van der Waals surface area contributed by atoms with Crippen LogP contribution in [0.4, 0.5) is 15.8 Å². The molecule has 0 bridgehead atoms. The Hall–Kier alpha value is -4.44. The molecule has 4 aromatic carbocycles. The molecule has 4 atom stereocenters. The van der Waals surface area contributed by atoms with Crippen molar-refractivity contribution >= 4 is 52.4 Å². The van der Waals surface area contributed by atoms with Gasteiger partial charge in [0.1, 0.15) is 5.82 Å². The molecule has 2 amide bonds. The second-order valence-electron chi connectivity index (χ2n) is 14.1. The molecular formula is C38H37Cl2FN4O4. The molecule has 11 heteroatoms. The van der Waals surface area contributed by atoms with Crippen LogP contribution in [0.2, 0.25) is 10.0 Å². The molecule has 0 aromatic heterocycles. The Morgan fingerprint density at radius 2 is 1.67 bits per heavy atom. The van der Waals surface area contributed by atoms with E-state index in [4.69, 9.17) is 28.9 Å². The molecule has 1 saturated heterocycles. The number of halogens is 3. The Kier molecular flexibility index (Phi) is 9.21. The number of primary amides is 1. The minimum atomic E-state index is -1.01. The lowest BCUT2D eigenvalue weighted by atomic mass is 9.63. The molecule has 1 spiro atoms. The van der Waals surface area contributed by atoms with Crippen LogP contribution in [0.5, 0.6) is 0 Å². The molecule has 0 radical (unpaired) electrons. The Balaban J connectivity index is 1.50. The van der Waals surface area contributed by atoms with E-state index in [1.807, 2.05) is 18.2 Å². The van der Waals surface area contributed by atoms with Gasteiger partial charge < -0.3 is 26.4 Å². The molecule has 2 aliphatic rings. The van der Waals surface area contributed by atoms with Crippen molar-refractivity contribution in [1.29, 1.82) is 0 Å². The average Bonchev–Trinajstić information content (AvgIpc) is 3.52. The second kappa shape index (κ2) is 13.1. The molecule has 8 nitrogen and oxygen atoms in total. The van der Waals surface area contributed by atoms with Crippen molar-refractivity contribution in [3.63, 3.8) is 0 Å². The number of nitrogens with two attached hydrogens (primary N) is 1. The average molecular weight is 704 g/mol. The molecule has 4 aromatic rings. The zero-order chi connectivity index (χ0) is 35.2. The fraction of sp³-hybridized carbons (Fsp3) is 0.289. The highest BCUT2D eigenvalue weighted by atomic mass is 35.5. The number of carbonyl (C=O) groups is 3. The van der Waals surface area contributed by atoms with E-state index in [1.165, 1.54) is 18.2 Å². The van der Waals surface area contributed by atoms with E-state index in [1.54, 1.807) is 48.5 Å². The minimum Gasteiger partial charge on any atom is -0.478 e. The number of nitrogens with zero attached hydrogens (tertiary/aromatic N) is 1. The third-order valence-electron chi connectivity index (χ3n) is 9.57. The number of fused-ring (bicyclic) bond motifs is 2. The molecule has 2 heterocycles. The number of amides is 2. The summed E-state index contributed by atoms with van der Waals surface area (Å²) in [6, 6.07) is 22.4. The summed E-state index contributed by atoms with van der Waals surface area (Å²) in [4.78, 5) is 39.7. The van der Waals surface area contributed by atoms with Crippen LogP contribution in [-0.4, -0.2) is 41.5 Å². The normalized spacial score (nSPS) is 21.5. The first-order valence-corrected chi connectivity index (χ1v) is 16.7. The van der Waals surface area contributed by atoms with E-state index in [0.29, 0.717) is 41.3 Å². The van der Waals surface area contributed by atoms with Crippen molar-refractivity contribution in [2.24, 2.45) is 11.1 Å². The quantitative estimate of drug-likeness (QED) is 0.152. The first kappa shape index (κ1) is 34.4. The number of anilines is 2. The van der Waals surface area contributed by atoms with E-state index in [0.717, 1.165) is 16.8 Å². The molecule has 1 fully saturated rings. The van der Waals surface area contributed by atoms with Crippen molar-refractivity contribution in [3.05, 3.63) is 129 Å². The zero-order valence-electron chi connectivity index (χ0n) is 27.3. The van der Waals surface area contributed by atoms with E-state index >= 15 is 4.39 Å². The van der Waals surface area contributed by atoms with Gasteiger partial charge in [0.05, 0.1) is 16.6 Å². The van der Waals surface area contributed by atoms with Gasteiger partial charge >= 0.3 is 5.97 Å². The smallest absolute Gasteiger partial charge is 0.335 e. The number of carboxylic acids is 1. The van der Waals surface area contributed by atoms with Gasteiger partial charge in [0.25, 0.3) is 0 Å². The lowest BCUT2D eigenvalue weighted by molar-refractivity contribution is -0.118. The third-order valence-corrected chi connectivity index (χ3v) is 10.1. The molecule has 0 aliphatic carbocycles. The molecule has 49 heavy (non-hydrogen) atoms. The van der Waals surface area contributed by atoms with Gasteiger partial charge in [0.15, 0.2) is 0 Å². The van der Waals surface area contributed by atoms with Crippen molar-refractivity contribution in [1.82, 2.24) is 5.32 Å². The summed E-state index contributed by atoms with van der Waals surface area (Å²) in [5, 5.41) is 16.6. The van der Waals surface area contributed by atoms with E-state index in [2.05, 4.69) is 36.3 Å². The number of hydrogen-bond acceptors (Lipinski definition) is 5. The summed E-state index contributed by atoms with van der Waals surface area (Å²) in [5.41, 5.74) is 8.31. The molecule has 0 saturated carbocycles. The Labute approximate surface area is 294 Å². The molecule has 5 N–H and O–H groups in total. The van der Waals surface area contributed by atoms with Gasteiger partial charge in [0, 0.05) is 52.4 Å². The monoisotopic (exact) mass is 702 g/mol. The van der Waals surface area contributed by atoms with Gasteiger partial charge in [0.2, 0.25) is 11.8 Å². The predicted octanol–water partition coefficient (Wildman–Crippen LogP) is 7.39. The topological polar surface area (TPSA) is 125 Å². The number of hydrogen-bond donors (Lipinski definition) is 4. The van der Waals surface area contributed by atoms with Gasteiger partial charge in [-0.15, -0.1) is 0 Å². The first-order chi connectivity index (χ1) is 23.2. The van der Waals surface area contributed by atoms with Gasteiger partial charge in [-0.05, 0) is 83.1 Å². The van der Waals surface area contributed by atoms with E-state index < -0.39 is 35.1 Å². The van der Waals surface area contributed by atoms with Gasteiger partial charge in [-0.3, -0.25) is 9.59 Å². The van der Waals surface area contributed by atoms with Gasteiger partial charge in [-0.2, -0.15) is 0 Å². The highest BCUT2D eigenvalue weighted by Crippen LogP contribution is 2.58. The molecular weight excluding hydrogens is 666 g/mol. The minimum absolute atomic E-state index is 0.0437. The van der Waals surface area contributed by atoms with Crippen LogP contribution in [0.3, 0.4) is 0 Å². The van der Waals surface area contributed by atoms with Gasteiger partial charge in [-0.25, -0.2) is 9.18 Å². The van der Waals surface area contributed by atoms with E-state index in [-0.39, 0.29) is 28.0 Å². The largest absolute Gasteiger partial charge is 0.478 e. The van der Waals surface area contributed by atoms with Crippen LogP contribution in [-0.2, 0) is 16.8 Å². The zero-order valence-corrected chi connectivity index (χ0v) is 28.8. The fourth-order valence-electron chi connectivity index (χ4n) is 7.54. The molecule has 254 valence electrons. The van der Waals surface area contributed by atoms with Crippen molar-refractivity contribution in [2.45, 2.75) is 57.2 Å². The Morgan fingerprint density at radius 3 is 2.31 bits per heavy atom. The number of nitrogens with one attached hydrogen (secondary N) is 2. The van der Waals surface area contributed by atoms with Crippen LogP contribution in [0.1, 0.15) is 70.5 Å². The van der Waals surface area contributed by atoms with Gasteiger partial charge in [-0.1, -0.05) is 74.3 Å². The SMILES string of the molecule is CC(C)(C)CC1N[C@@H](C(=O)Nc2ccc(C(N)=O)cc2)[C@H](c2cccc(Cl)c2F)[C@]12CN(Cc1ccc(C(=O)O)cc1)c1cc(Cl)ccc12. The Bertz CT molecular complexity index is 1930. The summed E-state index contributed by atoms with van der Waals surface area (Å²) in [7, 11) is 0. The van der Waals surface area contributed by atoms with Crippen LogP contribution >= 0.6 is 23.2 Å². The summed E-state index contributed by atoms with van der Waals surface area (Å²) < 4.78 is 16.3.